The minimum Gasteiger partial charge on any atom is -0.372 e. The number of benzene rings is 1. The van der Waals surface area contributed by atoms with E-state index in [1.165, 1.54) is 18.5 Å². The van der Waals surface area contributed by atoms with Gasteiger partial charge in [0.2, 0.25) is 5.91 Å². The molecule has 1 aromatic rings. The van der Waals surface area contributed by atoms with Crippen LogP contribution in [-0.4, -0.2) is 38.6 Å². The summed E-state index contributed by atoms with van der Waals surface area (Å²) in [5.74, 6) is 0.946. The smallest absolute Gasteiger partial charge is 0.220 e. The second-order valence-corrected chi connectivity index (χ2v) is 6.35. The number of hydrogen-bond donors (Lipinski definition) is 2. The van der Waals surface area contributed by atoms with Gasteiger partial charge in [-0.1, -0.05) is 18.2 Å². The van der Waals surface area contributed by atoms with Crippen LogP contribution >= 0.6 is 24.8 Å². The lowest BCUT2D eigenvalue weighted by Gasteiger charge is -2.23. The summed E-state index contributed by atoms with van der Waals surface area (Å²) in [6.07, 6.45) is 5.15. The van der Waals surface area contributed by atoms with E-state index in [-0.39, 0.29) is 30.7 Å². The third kappa shape index (κ3) is 9.34. The molecule has 1 saturated heterocycles. The highest BCUT2D eigenvalue weighted by molar-refractivity contribution is 5.85. The highest BCUT2D eigenvalue weighted by Gasteiger charge is 2.14. The molecule has 4 nitrogen and oxygen atoms in total. The number of carbonyl (C=O) groups is 1. The van der Waals surface area contributed by atoms with Crippen LogP contribution in [0.1, 0.15) is 39.0 Å². The average molecular weight is 390 g/mol. The maximum absolute atomic E-state index is 11.9. The Morgan fingerprint density at radius 1 is 1.20 bits per heavy atom. The predicted molar refractivity (Wildman–Crippen MR) is 111 cm³/mol. The van der Waals surface area contributed by atoms with Gasteiger partial charge in [0.15, 0.2) is 0 Å². The zero-order chi connectivity index (χ0) is 16.3. The molecule has 1 amide bonds. The number of anilines is 1. The molecular formula is C19H33Cl2N3O. The number of nitrogens with zero attached hydrogens (tertiary/aromatic N) is 1. The number of amides is 1. The monoisotopic (exact) mass is 389 g/mol. The molecule has 2 rings (SSSR count). The summed E-state index contributed by atoms with van der Waals surface area (Å²) in [7, 11) is 0. The maximum atomic E-state index is 11.9. The largest absolute Gasteiger partial charge is 0.372 e. The van der Waals surface area contributed by atoms with Crippen LogP contribution in [0, 0.1) is 5.92 Å². The van der Waals surface area contributed by atoms with Crippen LogP contribution in [0.2, 0.25) is 0 Å². The fraction of sp³-hybridized carbons (Fsp3) is 0.632. The van der Waals surface area contributed by atoms with Crippen LogP contribution in [0.15, 0.2) is 30.3 Å². The molecule has 0 atom stereocenters. The van der Waals surface area contributed by atoms with Crippen molar-refractivity contribution in [1.82, 2.24) is 10.6 Å². The van der Waals surface area contributed by atoms with E-state index < -0.39 is 0 Å². The summed E-state index contributed by atoms with van der Waals surface area (Å²) >= 11 is 0. The first-order valence-corrected chi connectivity index (χ1v) is 9.07. The predicted octanol–water partition coefficient (Wildman–Crippen LogP) is 3.64. The normalized spacial score (nSPS) is 14.1. The lowest BCUT2D eigenvalue weighted by Crippen LogP contribution is -2.31. The third-order valence-corrected chi connectivity index (χ3v) is 4.67. The van der Waals surface area contributed by atoms with Crippen molar-refractivity contribution >= 4 is 36.4 Å². The molecule has 0 bridgehead atoms. The Bertz CT molecular complexity index is 453. The van der Waals surface area contributed by atoms with Crippen LogP contribution in [0.25, 0.3) is 0 Å². The standard InChI is InChI=1S/C19H31N3O.2ClH/c1-2-22(18-7-4-3-5-8-18)16-6-13-21-19(23)10-9-17-11-14-20-15-12-17;;/h3-5,7-8,17,20H,2,6,9-16H2,1H3,(H,21,23);2*1H. The third-order valence-electron chi connectivity index (χ3n) is 4.67. The molecule has 1 fully saturated rings. The van der Waals surface area contributed by atoms with Crippen molar-refractivity contribution in [2.45, 2.75) is 39.0 Å². The van der Waals surface area contributed by atoms with Crippen molar-refractivity contribution < 1.29 is 4.79 Å². The first-order chi connectivity index (χ1) is 11.3. The molecule has 1 aliphatic heterocycles. The molecule has 1 aliphatic rings. The molecule has 1 aromatic carbocycles. The van der Waals surface area contributed by atoms with Gasteiger partial charge >= 0.3 is 0 Å². The van der Waals surface area contributed by atoms with Gasteiger partial charge in [0.05, 0.1) is 0 Å². The maximum Gasteiger partial charge on any atom is 0.220 e. The van der Waals surface area contributed by atoms with Crippen LogP contribution in [-0.2, 0) is 4.79 Å². The van der Waals surface area contributed by atoms with Gasteiger partial charge in [-0.25, -0.2) is 0 Å². The second kappa shape index (κ2) is 14.2. The lowest BCUT2D eigenvalue weighted by atomic mass is 9.93. The van der Waals surface area contributed by atoms with Crippen LogP contribution in [0.4, 0.5) is 5.69 Å². The van der Waals surface area contributed by atoms with E-state index in [2.05, 4.69) is 46.7 Å². The number of para-hydroxylation sites is 1. The Hall–Kier alpha value is -0.970. The molecule has 0 spiro atoms. The molecule has 0 unspecified atom stereocenters. The van der Waals surface area contributed by atoms with E-state index in [4.69, 9.17) is 0 Å². The first kappa shape index (κ1) is 24.0. The van der Waals surface area contributed by atoms with E-state index >= 15 is 0 Å². The van der Waals surface area contributed by atoms with Crippen molar-refractivity contribution in [3.63, 3.8) is 0 Å². The van der Waals surface area contributed by atoms with Crippen molar-refractivity contribution in [2.75, 3.05) is 37.6 Å². The SMILES string of the molecule is CCN(CCCNC(=O)CCC1CCNCC1)c1ccccc1.Cl.Cl. The van der Waals surface area contributed by atoms with E-state index in [0.717, 1.165) is 51.5 Å². The molecule has 0 aliphatic carbocycles. The summed E-state index contributed by atoms with van der Waals surface area (Å²) in [6, 6.07) is 10.5. The summed E-state index contributed by atoms with van der Waals surface area (Å²) < 4.78 is 0. The van der Waals surface area contributed by atoms with Crippen molar-refractivity contribution in [2.24, 2.45) is 5.92 Å². The molecule has 0 radical (unpaired) electrons. The number of rotatable bonds is 9. The Morgan fingerprint density at radius 3 is 2.52 bits per heavy atom. The fourth-order valence-electron chi connectivity index (χ4n) is 3.20. The molecule has 25 heavy (non-hydrogen) atoms. The molecule has 0 aromatic heterocycles. The van der Waals surface area contributed by atoms with E-state index in [1.807, 2.05) is 6.07 Å². The fourth-order valence-corrected chi connectivity index (χ4v) is 3.20. The van der Waals surface area contributed by atoms with Gasteiger partial charge in [-0.15, -0.1) is 24.8 Å². The van der Waals surface area contributed by atoms with Gasteiger partial charge < -0.3 is 15.5 Å². The minimum absolute atomic E-state index is 0. The second-order valence-electron chi connectivity index (χ2n) is 6.35. The minimum atomic E-state index is 0. The van der Waals surface area contributed by atoms with Crippen molar-refractivity contribution in [1.29, 1.82) is 0 Å². The van der Waals surface area contributed by atoms with E-state index in [0.29, 0.717) is 6.42 Å². The van der Waals surface area contributed by atoms with Gasteiger partial charge in [0.1, 0.15) is 0 Å². The Kier molecular flexibility index (Phi) is 13.7. The zero-order valence-electron chi connectivity index (χ0n) is 15.2. The number of halogens is 2. The van der Waals surface area contributed by atoms with Gasteiger partial charge in [0.25, 0.3) is 0 Å². The highest BCUT2D eigenvalue weighted by atomic mass is 35.5. The Morgan fingerprint density at radius 2 is 1.88 bits per heavy atom. The van der Waals surface area contributed by atoms with E-state index in [1.54, 1.807) is 0 Å². The zero-order valence-corrected chi connectivity index (χ0v) is 16.8. The summed E-state index contributed by atoms with van der Waals surface area (Å²) in [6.45, 7) is 7.14. The summed E-state index contributed by atoms with van der Waals surface area (Å²) in [4.78, 5) is 14.3. The van der Waals surface area contributed by atoms with Gasteiger partial charge in [-0.05, 0) is 63.7 Å². The van der Waals surface area contributed by atoms with Crippen LogP contribution < -0.4 is 15.5 Å². The topological polar surface area (TPSA) is 44.4 Å². The lowest BCUT2D eigenvalue weighted by molar-refractivity contribution is -0.121. The van der Waals surface area contributed by atoms with E-state index in [9.17, 15) is 4.79 Å². The quantitative estimate of drug-likeness (QED) is 0.633. The Labute approximate surface area is 164 Å². The number of hydrogen-bond acceptors (Lipinski definition) is 3. The van der Waals surface area contributed by atoms with Crippen LogP contribution in [0.5, 0.6) is 0 Å². The number of carbonyl (C=O) groups excluding carboxylic acids is 1. The number of nitrogens with one attached hydrogen (secondary N) is 2. The molecule has 144 valence electrons. The first-order valence-electron chi connectivity index (χ1n) is 9.07. The highest BCUT2D eigenvalue weighted by Crippen LogP contribution is 2.17. The number of piperidine rings is 1. The Balaban J connectivity index is 0.00000288. The van der Waals surface area contributed by atoms with Crippen LogP contribution in [0.3, 0.4) is 0 Å². The van der Waals surface area contributed by atoms with Gasteiger partial charge in [-0.2, -0.15) is 0 Å². The molecule has 0 saturated carbocycles. The molecular weight excluding hydrogens is 357 g/mol. The van der Waals surface area contributed by atoms with Crippen molar-refractivity contribution in [3.8, 4) is 0 Å². The van der Waals surface area contributed by atoms with Gasteiger partial charge in [0, 0.05) is 31.7 Å². The summed E-state index contributed by atoms with van der Waals surface area (Å²) in [5.41, 5.74) is 1.26. The molecule has 6 heteroatoms. The van der Waals surface area contributed by atoms with Gasteiger partial charge in [-0.3, -0.25) is 4.79 Å². The average Bonchev–Trinajstić information content (AvgIpc) is 2.61. The van der Waals surface area contributed by atoms with Crippen molar-refractivity contribution in [3.05, 3.63) is 30.3 Å². The molecule has 1 heterocycles. The summed E-state index contributed by atoms with van der Waals surface area (Å²) in [5, 5.41) is 6.44. The molecule has 2 N–H and O–H groups in total.